The molecule has 0 saturated carbocycles. The highest BCUT2D eigenvalue weighted by Crippen LogP contribution is 2.38. The van der Waals surface area contributed by atoms with E-state index in [9.17, 15) is 4.79 Å². The van der Waals surface area contributed by atoms with Gasteiger partial charge in [0.25, 0.3) is 0 Å². The van der Waals surface area contributed by atoms with E-state index in [4.69, 9.17) is 14.2 Å². The summed E-state index contributed by atoms with van der Waals surface area (Å²) in [4.78, 5) is 12.2. The number of carbonyl (C=O) groups is 1. The van der Waals surface area contributed by atoms with Gasteiger partial charge in [0.05, 0.1) is 21.3 Å². The molecule has 0 bridgehead atoms. The standard InChI is InChI=1S/C19H25N3O4S/c1-6-13(7-2)18-21-22-19(27-18)20-16(23)9-8-12-10-14(24-3)17(26-5)15(11-12)25-4/h8-11,13H,6-7H2,1-5H3,(H,20,22,23). The van der Waals surface area contributed by atoms with E-state index in [1.807, 2.05) is 0 Å². The van der Waals surface area contributed by atoms with Crippen molar-refractivity contribution in [2.75, 3.05) is 26.6 Å². The summed E-state index contributed by atoms with van der Waals surface area (Å²) in [6.45, 7) is 4.24. The molecule has 27 heavy (non-hydrogen) atoms. The Morgan fingerprint density at radius 3 is 2.26 bits per heavy atom. The molecule has 1 aromatic carbocycles. The van der Waals surface area contributed by atoms with Crippen molar-refractivity contribution in [3.63, 3.8) is 0 Å². The van der Waals surface area contributed by atoms with Crippen molar-refractivity contribution in [2.24, 2.45) is 0 Å². The van der Waals surface area contributed by atoms with Crippen LogP contribution < -0.4 is 19.5 Å². The van der Waals surface area contributed by atoms with Crippen LogP contribution >= 0.6 is 11.3 Å². The van der Waals surface area contributed by atoms with Crippen molar-refractivity contribution in [3.05, 3.63) is 28.8 Å². The van der Waals surface area contributed by atoms with Gasteiger partial charge >= 0.3 is 0 Å². The Labute approximate surface area is 163 Å². The van der Waals surface area contributed by atoms with E-state index < -0.39 is 0 Å². The number of hydrogen-bond acceptors (Lipinski definition) is 7. The van der Waals surface area contributed by atoms with Gasteiger partial charge in [-0.3, -0.25) is 10.1 Å². The predicted molar refractivity (Wildman–Crippen MR) is 107 cm³/mol. The molecular weight excluding hydrogens is 366 g/mol. The SMILES string of the molecule is CCC(CC)c1nnc(NC(=O)C=Cc2cc(OC)c(OC)c(OC)c2)s1. The van der Waals surface area contributed by atoms with Crippen LogP contribution in [0.5, 0.6) is 17.2 Å². The number of carbonyl (C=O) groups excluding carboxylic acids is 1. The number of ether oxygens (including phenoxy) is 3. The first-order chi connectivity index (χ1) is 13.1. The monoisotopic (exact) mass is 391 g/mol. The maximum absolute atomic E-state index is 12.2. The van der Waals surface area contributed by atoms with Gasteiger partial charge in [-0.15, -0.1) is 10.2 Å². The van der Waals surface area contributed by atoms with Crippen molar-refractivity contribution in [3.8, 4) is 17.2 Å². The second kappa shape index (κ2) is 9.91. The van der Waals surface area contributed by atoms with Crippen LogP contribution in [0, 0.1) is 0 Å². The van der Waals surface area contributed by atoms with Crippen LogP contribution in [0.15, 0.2) is 18.2 Å². The minimum absolute atomic E-state index is 0.281. The summed E-state index contributed by atoms with van der Waals surface area (Å²) in [6, 6.07) is 3.53. The highest BCUT2D eigenvalue weighted by molar-refractivity contribution is 7.15. The highest BCUT2D eigenvalue weighted by Gasteiger charge is 2.14. The Hall–Kier alpha value is -2.61. The number of rotatable bonds is 9. The average Bonchev–Trinajstić information content (AvgIpc) is 3.14. The Morgan fingerprint density at radius 1 is 1.11 bits per heavy atom. The van der Waals surface area contributed by atoms with Crippen LogP contribution in [0.4, 0.5) is 5.13 Å². The summed E-state index contributed by atoms with van der Waals surface area (Å²) >= 11 is 1.41. The first-order valence-corrected chi connectivity index (χ1v) is 9.50. The molecule has 146 valence electrons. The third kappa shape index (κ3) is 5.19. The molecule has 0 aliphatic carbocycles. The molecule has 2 aromatic rings. The molecule has 2 rings (SSSR count). The van der Waals surface area contributed by atoms with Gasteiger partial charge in [0.2, 0.25) is 16.8 Å². The van der Waals surface area contributed by atoms with E-state index in [2.05, 4.69) is 29.4 Å². The van der Waals surface area contributed by atoms with Gasteiger partial charge in [-0.2, -0.15) is 0 Å². The molecule has 7 nitrogen and oxygen atoms in total. The number of methoxy groups -OCH3 is 3. The van der Waals surface area contributed by atoms with Gasteiger partial charge < -0.3 is 14.2 Å². The third-order valence-electron chi connectivity index (χ3n) is 4.12. The molecule has 8 heteroatoms. The van der Waals surface area contributed by atoms with E-state index in [1.165, 1.54) is 17.4 Å². The zero-order valence-electron chi connectivity index (χ0n) is 16.2. The lowest BCUT2D eigenvalue weighted by atomic mass is 10.1. The molecule has 0 spiro atoms. The van der Waals surface area contributed by atoms with Crippen LogP contribution in [-0.2, 0) is 4.79 Å². The molecule has 0 fully saturated rings. The molecule has 0 saturated heterocycles. The van der Waals surface area contributed by atoms with Crippen molar-refractivity contribution >= 4 is 28.5 Å². The third-order valence-corrected chi connectivity index (χ3v) is 5.12. The summed E-state index contributed by atoms with van der Waals surface area (Å²) in [5.41, 5.74) is 0.745. The first kappa shape index (κ1) is 20.7. The number of anilines is 1. The molecule has 1 aromatic heterocycles. The van der Waals surface area contributed by atoms with E-state index in [0.717, 1.165) is 23.4 Å². The second-order valence-corrected chi connectivity index (χ2v) is 6.75. The van der Waals surface area contributed by atoms with Gasteiger partial charge in [0.15, 0.2) is 11.5 Å². The number of amides is 1. The van der Waals surface area contributed by atoms with E-state index in [1.54, 1.807) is 39.5 Å². The topological polar surface area (TPSA) is 82.6 Å². The normalized spacial score (nSPS) is 11.0. The Morgan fingerprint density at radius 2 is 1.74 bits per heavy atom. The van der Waals surface area contributed by atoms with Crippen molar-refractivity contribution < 1.29 is 19.0 Å². The van der Waals surface area contributed by atoms with Gasteiger partial charge in [0.1, 0.15) is 5.01 Å². The fourth-order valence-electron chi connectivity index (χ4n) is 2.60. The minimum Gasteiger partial charge on any atom is -0.493 e. The maximum atomic E-state index is 12.2. The summed E-state index contributed by atoms with van der Waals surface area (Å²) < 4.78 is 15.9. The Kier molecular flexibility index (Phi) is 7.60. The van der Waals surface area contributed by atoms with Crippen LogP contribution in [-0.4, -0.2) is 37.4 Å². The molecule has 1 N–H and O–H groups in total. The second-order valence-electron chi connectivity index (χ2n) is 5.74. The average molecular weight is 391 g/mol. The van der Waals surface area contributed by atoms with E-state index >= 15 is 0 Å². The summed E-state index contributed by atoms with van der Waals surface area (Å²) in [7, 11) is 4.64. The highest BCUT2D eigenvalue weighted by atomic mass is 32.1. The Bertz CT molecular complexity index is 775. The van der Waals surface area contributed by atoms with Crippen LogP contribution in [0.3, 0.4) is 0 Å². The molecule has 1 amide bonds. The number of hydrogen-bond donors (Lipinski definition) is 1. The fraction of sp³-hybridized carbons (Fsp3) is 0.421. The minimum atomic E-state index is -0.281. The molecule has 0 radical (unpaired) electrons. The fourth-order valence-corrected chi connectivity index (χ4v) is 3.62. The molecule has 0 aliphatic rings. The first-order valence-electron chi connectivity index (χ1n) is 8.68. The van der Waals surface area contributed by atoms with Crippen LogP contribution in [0.2, 0.25) is 0 Å². The largest absolute Gasteiger partial charge is 0.493 e. The quantitative estimate of drug-likeness (QED) is 0.648. The smallest absolute Gasteiger partial charge is 0.250 e. The van der Waals surface area contributed by atoms with Crippen molar-refractivity contribution in [1.82, 2.24) is 10.2 Å². The van der Waals surface area contributed by atoms with Crippen molar-refractivity contribution in [1.29, 1.82) is 0 Å². The van der Waals surface area contributed by atoms with E-state index in [-0.39, 0.29) is 5.91 Å². The number of nitrogens with one attached hydrogen (secondary N) is 1. The number of benzene rings is 1. The summed E-state index contributed by atoms with van der Waals surface area (Å²) in [5.74, 6) is 1.65. The zero-order valence-corrected chi connectivity index (χ0v) is 17.1. The molecule has 0 unspecified atom stereocenters. The predicted octanol–water partition coefficient (Wildman–Crippen LogP) is 4.12. The lowest BCUT2D eigenvalue weighted by Gasteiger charge is -2.12. The van der Waals surface area contributed by atoms with Gasteiger partial charge in [-0.1, -0.05) is 25.2 Å². The molecular formula is C19H25N3O4S. The number of aromatic nitrogens is 2. The lowest BCUT2D eigenvalue weighted by molar-refractivity contribution is -0.111. The van der Waals surface area contributed by atoms with Crippen molar-refractivity contribution in [2.45, 2.75) is 32.6 Å². The maximum Gasteiger partial charge on any atom is 0.250 e. The molecule has 1 heterocycles. The van der Waals surface area contributed by atoms with Gasteiger partial charge in [-0.05, 0) is 36.6 Å². The Balaban J connectivity index is 2.10. The van der Waals surface area contributed by atoms with Gasteiger partial charge in [-0.25, -0.2) is 0 Å². The van der Waals surface area contributed by atoms with E-state index in [0.29, 0.717) is 28.3 Å². The zero-order chi connectivity index (χ0) is 19.8. The van der Waals surface area contributed by atoms with Crippen LogP contribution in [0.25, 0.3) is 6.08 Å². The van der Waals surface area contributed by atoms with Crippen LogP contribution in [0.1, 0.15) is 43.2 Å². The molecule has 0 atom stereocenters. The number of nitrogens with zero attached hydrogens (tertiary/aromatic N) is 2. The molecule has 0 aliphatic heterocycles. The summed E-state index contributed by atoms with van der Waals surface area (Å²) in [6.07, 6.45) is 5.10. The summed E-state index contributed by atoms with van der Waals surface area (Å²) in [5, 5.41) is 12.4. The van der Waals surface area contributed by atoms with Gasteiger partial charge in [0, 0.05) is 12.0 Å². The lowest BCUT2D eigenvalue weighted by Crippen LogP contribution is -2.07.